The van der Waals surface area contributed by atoms with Crippen molar-refractivity contribution >= 4 is 5.91 Å². The summed E-state index contributed by atoms with van der Waals surface area (Å²) in [5.74, 6) is 0.736. The number of hydrogen-bond acceptors (Lipinski definition) is 4. The molecule has 138 valence electrons. The Bertz CT molecular complexity index is 703. The van der Waals surface area contributed by atoms with E-state index in [0.29, 0.717) is 13.0 Å². The molecule has 1 aliphatic rings. The predicted molar refractivity (Wildman–Crippen MR) is 99.9 cm³/mol. The quantitative estimate of drug-likeness (QED) is 0.837. The first-order chi connectivity index (χ1) is 12.6. The molecule has 0 aliphatic heterocycles. The molecule has 0 unspecified atom stereocenters. The fourth-order valence-electron chi connectivity index (χ4n) is 3.35. The number of carbonyl (C=O) groups excluding carboxylic acids is 1. The standard InChI is InChI=1S/C21H26N2O3/c1-15-10-11-16(13-22-15)12-20(24)23-14-17-6-5-9-19(21(17)25)26-18-7-3-2-4-8-18/h2-4,7-8,10-11,13,17,19,21,25H,5-6,9,12,14H2,1H3,(H,23,24)/t17-,19-,21-/m1/s1. The number of aliphatic hydroxyl groups is 1. The molecule has 0 spiro atoms. The Morgan fingerprint density at radius 2 is 2.04 bits per heavy atom. The first-order valence-electron chi connectivity index (χ1n) is 9.20. The maximum absolute atomic E-state index is 12.2. The molecule has 5 nitrogen and oxygen atoms in total. The van der Waals surface area contributed by atoms with E-state index in [2.05, 4.69) is 10.3 Å². The Morgan fingerprint density at radius 3 is 2.77 bits per heavy atom. The van der Waals surface area contributed by atoms with E-state index in [1.54, 1.807) is 6.20 Å². The largest absolute Gasteiger partial charge is 0.488 e. The number of aliphatic hydroxyl groups excluding tert-OH is 1. The fraction of sp³-hybridized carbons (Fsp3) is 0.429. The van der Waals surface area contributed by atoms with E-state index >= 15 is 0 Å². The van der Waals surface area contributed by atoms with Gasteiger partial charge in [-0.05, 0) is 49.9 Å². The van der Waals surface area contributed by atoms with Crippen LogP contribution in [-0.2, 0) is 11.2 Å². The van der Waals surface area contributed by atoms with Crippen molar-refractivity contribution in [1.82, 2.24) is 10.3 Å². The number of rotatable bonds is 6. The van der Waals surface area contributed by atoms with Crippen LogP contribution >= 0.6 is 0 Å². The summed E-state index contributed by atoms with van der Waals surface area (Å²) in [7, 11) is 0. The summed E-state index contributed by atoms with van der Waals surface area (Å²) in [5, 5.41) is 13.6. The van der Waals surface area contributed by atoms with Crippen molar-refractivity contribution in [3.63, 3.8) is 0 Å². The van der Waals surface area contributed by atoms with Gasteiger partial charge in [0.15, 0.2) is 0 Å². The minimum atomic E-state index is -0.578. The zero-order chi connectivity index (χ0) is 18.4. The summed E-state index contributed by atoms with van der Waals surface area (Å²) < 4.78 is 5.94. The molecule has 26 heavy (non-hydrogen) atoms. The first kappa shape index (κ1) is 18.4. The lowest BCUT2D eigenvalue weighted by Crippen LogP contribution is -2.46. The number of carbonyl (C=O) groups is 1. The number of aromatic nitrogens is 1. The van der Waals surface area contributed by atoms with Crippen LogP contribution in [0.15, 0.2) is 48.7 Å². The number of hydrogen-bond donors (Lipinski definition) is 2. The molecule has 1 aromatic carbocycles. The molecule has 5 heteroatoms. The Balaban J connectivity index is 1.49. The number of ether oxygens (including phenoxy) is 1. The van der Waals surface area contributed by atoms with E-state index in [-0.39, 0.29) is 17.9 Å². The molecule has 2 aromatic rings. The third-order valence-corrected chi connectivity index (χ3v) is 4.86. The molecule has 1 saturated carbocycles. The average Bonchev–Trinajstić information content (AvgIpc) is 2.65. The maximum atomic E-state index is 12.2. The lowest BCUT2D eigenvalue weighted by Gasteiger charge is -2.35. The highest BCUT2D eigenvalue weighted by atomic mass is 16.5. The highest BCUT2D eigenvalue weighted by molar-refractivity contribution is 5.78. The molecule has 1 aromatic heterocycles. The topological polar surface area (TPSA) is 71.5 Å². The molecule has 0 saturated heterocycles. The van der Waals surface area contributed by atoms with Crippen molar-refractivity contribution in [1.29, 1.82) is 0 Å². The van der Waals surface area contributed by atoms with Crippen LogP contribution in [0.4, 0.5) is 0 Å². The van der Waals surface area contributed by atoms with Crippen molar-refractivity contribution in [2.45, 2.75) is 44.8 Å². The predicted octanol–water partition coefficient (Wildman–Crippen LogP) is 2.66. The van der Waals surface area contributed by atoms with Crippen LogP contribution in [0.2, 0.25) is 0 Å². The van der Waals surface area contributed by atoms with Gasteiger partial charge in [-0.25, -0.2) is 0 Å². The fourth-order valence-corrected chi connectivity index (χ4v) is 3.35. The molecule has 3 atom stereocenters. The van der Waals surface area contributed by atoms with Gasteiger partial charge in [0.2, 0.25) is 5.91 Å². The monoisotopic (exact) mass is 354 g/mol. The van der Waals surface area contributed by atoms with Crippen LogP contribution in [0.25, 0.3) is 0 Å². The molecule has 2 N–H and O–H groups in total. The molecule has 0 bridgehead atoms. The third kappa shape index (κ3) is 5.05. The van der Waals surface area contributed by atoms with Crippen molar-refractivity contribution in [3.05, 3.63) is 59.9 Å². The number of pyridine rings is 1. The lowest BCUT2D eigenvalue weighted by atomic mass is 9.84. The van der Waals surface area contributed by atoms with E-state index in [9.17, 15) is 9.90 Å². The highest BCUT2D eigenvalue weighted by Crippen LogP contribution is 2.28. The number of nitrogens with one attached hydrogen (secondary N) is 1. The average molecular weight is 354 g/mol. The van der Waals surface area contributed by atoms with Gasteiger partial charge < -0.3 is 15.2 Å². The maximum Gasteiger partial charge on any atom is 0.224 e. The van der Waals surface area contributed by atoms with Gasteiger partial charge in [0, 0.05) is 24.4 Å². The van der Waals surface area contributed by atoms with Crippen LogP contribution < -0.4 is 10.1 Å². The summed E-state index contributed by atoms with van der Waals surface area (Å²) in [6.07, 6.45) is 3.93. The zero-order valence-corrected chi connectivity index (χ0v) is 15.1. The molecule has 1 fully saturated rings. The van der Waals surface area contributed by atoms with Gasteiger partial charge in [0.1, 0.15) is 11.9 Å². The number of benzene rings is 1. The van der Waals surface area contributed by atoms with Gasteiger partial charge in [-0.2, -0.15) is 0 Å². The molecule has 3 rings (SSSR count). The van der Waals surface area contributed by atoms with Crippen molar-refractivity contribution < 1.29 is 14.6 Å². The number of aryl methyl sites for hydroxylation is 1. The number of nitrogens with zero attached hydrogens (tertiary/aromatic N) is 1. The molecule has 1 amide bonds. The van der Waals surface area contributed by atoms with E-state index < -0.39 is 6.10 Å². The van der Waals surface area contributed by atoms with E-state index in [1.807, 2.05) is 49.4 Å². The normalized spacial score (nSPS) is 22.6. The van der Waals surface area contributed by atoms with Crippen LogP contribution in [0.5, 0.6) is 5.75 Å². The smallest absolute Gasteiger partial charge is 0.224 e. The summed E-state index contributed by atoms with van der Waals surface area (Å²) >= 11 is 0. The molecule has 0 radical (unpaired) electrons. The van der Waals surface area contributed by atoms with Gasteiger partial charge >= 0.3 is 0 Å². The first-order valence-corrected chi connectivity index (χ1v) is 9.20. The van der Waals surface area contributed by atoms with Crippen LogP contribution in [-0.4, -0.2) is 34.8 Å². The summed E-state index contributed by atoms with van der Waals surface area (Å²) in [5.41, 5.74) is 1.83. The Labute approximate surface area is 154 Å². The van der Waals surface area contributed by atoms with Gasteiger partial charge in [0.05, 0.1) is 12.5 Å². The van der Waals surface area contributed by atoms with Crippen LogP contribution in [0.3, 0.4) is 0 Å². The number of amides is 1. The van der Waals surface area contributed by atoms with Crippen molar-refractivity contribution in [2.75, 3.05) is 6.54 Å². The van der Waals surface area contributed by atoms with E-state index in [0.717, 1.165) is 36.3 Å². The lowest BCUT2D eigenvalue weighted by molar-refractivity contribution is -0.121. The second kappa shape index (κ2) is 8.81. The minimum Gasteiger partial charge on any atom is -0.488 e. The molecular weight excluding hydrogens is 328 g/mol. The third-order valence-electron chi connectivity index (χ3n) is 4.86. The van der Waals surface area contributed by atoms with Gasteiger partial charge in [0.25, 0.3) is 0 Å². The second-order valence-electron chi connectivity index (χ2n) is 6.94. The van der Waals surface area contributed by atoms with Crippen molar-refractivity contribution in [3.8, 4) is 5.75 Å². The summed E-state index contributed by atoms with van der Waals surface area (Å²) in [6, 6.07) is 13.4. The van der Waals surface area contributed by atoms with Crippen LogP contribution in [0.1, 0.15) is 30.5 Å². The van der Waals surface area contributed by atoms with Gasteiger partial charge in [-0.1, -0.05) is 24.3 Å². The van der Waals surface area contributed by atoms with Gasteiger partial charge in [-0.3, -0.25) is 9.78 Å². The SMILES string of the molecule is Cc1ccc(CC(=O)NC[C@H]2CCC[C@@H](Oc3ccccc3)[C@@H]2O)cn1. The highest BCUT2D eigenvalue weighted by Gasteiger charge is 2.33. The van der Waals surface area contributed by atoms with E-state index in [1.165, 1.54) is 0 Å². The Morgan fingerprint density at radius 1 is 1.23 bits per heavy atom. The summed E-state index contributed by atoms with van der Waals surface area (Å²) in [4.78, 5) is 16.4. The zero-order valence-electron chi connectivity index (χ0n) is 15.1. The van der Waals surface area contributed by atoms with E-state index in [4.69, 9.17) is 4.74 Å². The Kier molecular flexibility index (Phi) is 6.23. The minimum absolute atomic E-state index is 0.0116. The number of para-hydroxylation sites is 1. The van der Waals surface area contributed by atoms with Gasteiger partial charge in [-0.15, -0.1) is 0 Å². The molecular formula is C21H26N2O3. The summed E-state index contributed by atoms with van der Waals surface area (Å²) in [6.45, 7) is 2.39. The van der Waals surface area contributed by atoms with Crippen LogP contribution in [0, 0.1) is 12.8 Å². The van der Waals surface area contributed by atoms with Crippen molar-refractivity contribution in [2.24, 2.45) is 5.92 Å². The molecule has 1 aliphatic carbocycles. The Hall–Kier alpha value is -2.40. The molecule has 1 heterocycles. The second-order valence-corrected chi connectivity index (χ2v) is 6.94.